The van der Waals surface area contributed by atoms with E-state index in [0.29, 0.717) is 19.5 Å². The number of nitrogens with zero attached hydrogens (tertiary/aromatic N) is 1. The molecular weight excluding hydrogens is 334 g/mol. The predicted octanol–water partition coefficient (Wildman–Crippen LogP) is 1.21. The summed E-state index contributed by atoms with van der Waals surface area (Å²) < 4.78 is 5.41. The van der Waals surface area contributed by atoms with E-state index >= 15 is 0 Å². The largest absolute Gasteiger partial charge is 0.496 e. The Bertz CT molecular complexity index is 822. The van der Waals surface area contributed by atoms with Crippen molar-refractivity contribution < 1.29 is 19.4 Å². The van der Waals surface area contributed by atoms with Crippen LogP contribution in [0.2, 0.25) is 0 Å². The molecule has 0 saturated carbocycles. The zero-order valence-electron chi connectivity index (χ0n) is 15.3. The van der Waals surface area contributed by atoms with E-state index in [1.165, 1.54) is 13.8 Å². The van der Waals surface area contributed by atoms with Crippen LogP contribution in [0.15, 0.2) is 24.4 Å². The Balaban J connectivity index is 1.66. The first-order valence-electron chi connectivity index (χ1n) is 8.73. The number of aromatic nitrogens is 1. The molecule has 1 aromatic heterocycles. The van der Waals surface area contributed by atoms with Gasteiger partial charge in [-0.05, 0) is 38.0 Å². The number of nitrogens with one attached hydrogen (secondary N) is 2. The Morgan fingerprint density at radius 2 is 2.19 bits per heavy atom. The van der Waals surface area contributed by atoms with Gasteiger partial charge in [0, 0.05) is 36.2 Å². The van der Waals surface area contributed by atoms with Crippen molar-refractivity contribution in [2.75, 3.05) is 20.2 Å². The van der Waals surface area contributed by atoms with E-state index in [2.05, 4.69) is 10.3 Å². The number of aromatic amines is 1. The predicted molar refractivity (Wildman–Crippen MR) is 98.0 cm³/mol. The molecule has 0 bridgehead atoms. The number of rotatable bonds is 5. The highest BCUT2D eigenvalue weighted by molar-refractivity contribution is 5.93. The molecule has 0 radical (unpaired) electrons. The lowest BCUT2D eigenvalue weighted by atomic mass is 10.1. The topological polar surface area (TPSA) is 94.7 Å². The lowest BCUT2D eigenvalue weighted by Gasteiger charge is -2.21. The number of H-pyrrole nitrogens is 1. The van der Waals surface area contributed by atoms with Crippen LogP contribution in [-0.2, 0) is 16.0 Å². The third-order valence-electron chi connectivity index (χ3n) is 4.74. The summed E-state index contributed by atoms with van der Waals surface area (Å²) >= 11 is 0. The highest BCUT2D eigenvalue weighted by Crippen LogP contribution is 2.29. The molecule has 26 heavy (non-hydrogen) atoms. The minimum absolute atomic E-state index is 0.0109. The van der Waals surface area contributed by atoms with Gasteiger partial charge in [0.15, 0.2) is 0 Å². The van der Waals surface area contributed by atoms with E-state index < -0.39 is 11.5 Å². The van der Waals surface area contributed by atoms with Gasteiger partial charge in [0.1, 0.15) is 11.4 Å². The molecule has 3 rings (SSSR count). The highest BCUT2D eigenvalue weighted by atomic mass is 16.5. The van der Waals surface area contributed by atoms with Crippen LogP contribution in [0.3, 0.4) is 0 Å². The lowest BCUT2D eigenvalue weighted by Crippen LogP contribution is -2.47. The van der Waals surface area contributed by atoms with Gasteiger partial charge in [0.25, 0.3) is 5.91 Å². The van der Waals surface area contributed by atoms with Crippen LogP contribution in [0, 0.1) is 0 Å². The van der Waals surface area contributed by atoms with Gasteiger partial charge in [-0.2, -0.15) is 0 Å². The van der Waals surface area contributed by atoms with Crippen molar-refractivity contribution >= 4 is 22.7 Å². The van der Waals surface area contributed by atoms with E-state index in [9.17, 15) is 14.7 Å². The summed E-state index contributed by atoms with van der Waals surface area (Å²) in [5, 5.41) is 13.5. The maximum Gasteiger partial charge on any atom is 0.251 e. The Morgan fingerprint density at radius 1 is 1.42 bits per heavy atom. The van der Waals surface area contributed by atoms with Gasteiger partial charge < -0.3 is 25.0 Å². The minimum Gasteiger partial charge on any atom is -0.496 e. The number of hydrogen-bond donors (Lipinski definition) is 3. The number of carbonyl (C=O) groups is 2. The van der Waals surface area contributed by atoms with Crippen LogP contribution < -0.4 is 10.1 Å². The SMILES string of the molecule is COc1cccc2[nH]cc(CC(=O)N3CC[C@@H](NC(=O)C(C)(C)O)C3)c12. The number of carbonyl (C=O) groups excluding carboxylic acids is 2. The first-order valence-corrected chi connectivity index (χ1v) is 8.73. The maximum atomic E-state index is 12.7. The molecule has 1 saturated heterocycles. The van der Waals surface area contributed by atoms with Gasteiger partial charge in [-0.1, -0.05) is 6.07 Å². The van der Waals surface area contributed by atoms with Crippen molar-refractivity contribution in [2.24, 2.45) is 0 Å². The second-order valence-electron chi connectivity index (χ2n) is 7.23. The number of hydrogen-bond acceptors (Lipinski definition) is 4. The van der Waals surface area contributed by atoms with E-state index in [4.69, 9.17) is 4.74 Å². The molecular formula is C19H25N3O4. The van der Waals surface area contributed by atoms with Crippen LogP contribution in [0.1, 0.15) is 25.8 Å². The smallest absolute Gasteiger partial charge is 0.251 e. The van der Waals surface area contributed by atoms with Crippen molar-refractivity contribution in [2.45, 2.75) is 38.3 Å². The fraction of sp³-hybridized carbons (Fsp3) is 0.474. The van der Waals surface area contributed by atoms with Crippen LogP contribution in [0.4, 0.5) is 0 Å². The monoisotopic (exact) mass is 359 g/mol. The van der Waals surface area contributed by atoms with Gasteiger partial charge in [0.05, 0.1) is 13.5 Å². The number of ether oxygens (including phenoxy) is 1. The summed E-state index contributed by atoms with van der Waals surface area (Å²) in [6.07, 6.45) is 2.80. The molecule has 0 aliphatic carbocycles. The molecule has 1 fully saturated rings. The van der Waals surface area contributed by atoms with Crippen molar-refractivity contribution in [3.8, 4) is 5.75 Å². The molecule has 1 aliphatic heterocycles. The zero-order chi connectivity index (χ0) is 18.9. The van der Waals surface area contributed by atoms with Crippen LogP contribution in [0.5, 0.6) is 5.75 Å². The molecule has 0 unspecified atom stereocenters. The summed E-state index contributed by atoms with van der Waals surface area (Å²) in [5.74, 6) is 0.332. The molecule has 7 nitrogen and oxygen atoms in total. The molecule has 2 heterocycles. The van der Waals surface area contributed by atoms with Crippen molar-refractivity contribution in [3.05, 3.63) is 30.0 Å². The number of fused-ring (bicyclic) bond motifs is 1. The second kappa shape index (κ2) is 6.99. The van der Waals surface area contributed by atoms with Crippen molar-refractivity contribution in [3.63, 3.8) is 0 Å². The molecule has 1 atom stereocenters. The number of amides is 2. The number of likely N-dealkylation sites (tertiary alicyclic amines) is 1. The molecule has 0 spiro atoms. The Kier molecular flexibility index (Phi) is 4.91. The second-order valence-corrected chi connectivity index (χ2v) is 7.23. The van der Waals surface area contributed by atoms with E-state index in [1.807, 2.05) is 24.4 Å². The lowest BCUT2D eigenvalue weighted by molar-refractivity contribution is -0.137. The fourth-order valence-corrected chi connectivity index (χ4v) is 3.27. The van der Waals surface area contributed by atoms with E-state index in [0.717, 1.165) is 22.2 Å². The fourth-order valence-electron chi connectivity index (χ4n) is 3.27. The third-order valence-corrected chi connectivity index (χ3v) is 4.74. The molecule has 140 valence electrons. The summed E-state index contributed by atoms with van der Waals surface area (Å²) in [4.78, 5) is 29.5. The molecule has 1 aromatic carbocycles. The van der Waals surface area contributed by atoms with Crippen molar-refractivity contribution in [1.82, 2.24) is 15.2 Å². The van der Waals surface area contributed by atoms with E-state index in [1.54, 1.807) is 12.0 Å². The molecule has 7 heteroatoms. The maximum absolute atomic E-state index is 12.7. The van der Waals surface area contributed by atoms with Gasteiger partial charge in [0.2, 0.25) is 5.91 Å². The Hall–Kier alpha value is -2.54. The van der Waals surface area contributed by atoms with Crippen LogP contribution in [0.25, 0.3) is 10.9 Å². The normalized spacial score (nSPS) is 17.5. The first kappa shape index (κ1) is 18.3. The quantitative estimate of drug-likeness (QED) is 0.748. The summed E-state index contributed by atoms with van der Waals surface area (Å²) in [7, 11) is 1.61. The molecule has 2 amide bonds. The third kappa shape index (κ3) is 3.67. The summed E-state index contributed by atoms with van der Waals surface area (Å²) in [5.41, 5.74) is 0.410. The Morgan fingerprint density at radius 3 is 2.88 bits per heavy atom. The summed E-state index contributed by atoms with van der Waals surface area (Å²) in [6.45, 7) is 3.95. The number of benzene rings is 1. The van der Waals surface area contributed by atoms with Crippen LogP contribution in [-0.4, -0.2) is 58.6 Å². The Labute approximate surface area is 152 Å². The minimum atomic E-state index is -1.42. The number of aliphatic hydroxyl groups is 1. The van der Waals surface area contributed by atoms with Crippen molar-refractivity contribution in [1.29, 1.82) is 0 Å². The molecule has 2 aromatic rings. The summed E-state index contributed by atoms with van der Waals surface area (Å²) in [6, 6.07) is 5.60. The van der Waals surface area contributed by atoms with Gasteiger partial charge in [-0.15, -0.1) is 0 Å². The molecule has 3 N–H and O–H groups in total. The van der Waals surface area contributed by atoms with E-state index in [-0.39, 0.29) is 18.4 Å². The standard InChI is InChI=1S/C19H25N3O4/c1-19(2,25)18(24)21-13-7-8-22(11-13)16(23)9-12-10-20-14-5-4-6-15(26-3)17(12)14/h4-6,10,13,20,25H,7-9,11H2,1-3H3,(H,21,24)/t13-/m1/s1. The van der Waals surface area contributed by atoms with Gasteiger partial charge in [-0.3, -0.25) is 9.59 Å². The molecule has 1 aliphatic rings. The van der Waals surface area contributed by atoms with Crippen LogP contribution >= 0.6 is 0 Å². The van der Waals surface area contributed by atoms with Gasteiger partial charge >= 0.3 is 0 Å². The zero-order valence-corrected chi connectivity index (χ0v) is 15.3. The van der Waals surface area contributed by atoms with Gasteiger partial charge in [-0.25, -0.2) is 0 Å². The number of methoxy groups -OCH3 is 1. The highest BCUT2D eigenvalue weighted by Gasteiger charge is 2.31. The first-order chi connectivity index (χ1) is 12.3. The average Bonchev–Trinajstić information content (AvgIpc) is 3.21. The average molecular weight is 359 g/mol.